The van der Waals surface area contributed by atoms with Crippen LogP contribution in [0.4, 0.5) is 0 Å². The van der Waals surface area contributed by atoms with Crippen molar-refractivity contribution in [3.63, 3.8) is 0 Å². The first kappa shape index (κ1) is 9.06. The summed E-state index contributed by atoms with van der Waals surface area (Å²) in [5, 5.41) is 12.0. The van der Waals surface area contributed by atoms with Crippen LogP contribution in [-0.4, -0.2) is 22.5 Å². The Morgan fingerprint density at radius 3 is 1.70 bits per heavy atom. The summed E-state index contributed by atoms with van der Waals surface area (Å²) >= 11 is 0. The van der Waals surface area contributed by atoms with Crippen molar-refractivity contribution in [1.29, 1.82) is 0 Å². The number of esters is 2. The van der Waals surface area contributed by atoms with Crippen molar-refractivity contribution in [3.8, 4) is 0 Å². The van der Waals surface area contributed by atoms with Gasteiger partial charge in [-0.1, -0.05) is 0 Å². The largest absolute Gasteiger partial charge is 0.393 e. The van der Waals surface area contributed by atoms with E-state index in [1.807, 2.05) is 0 Å². The summed E-state index contributed by atoms with van der Waals surface area (Å²) in [6.45, 7) is 0. The zero-order valence-corrected chi connectivity index (χ0v) is 5.24. The van der Waals surface area contributed by atoms with E-state index in [1.165, 1.54) is 0 Å². The lowest BCUT2D eigenvalue weighted by molar-refractivity contribution is -0.176. The Kier molecular flexibility index (Phi) is 4.43. The summed E-state index contributed by atoms with van der Waals surface area (Å²) in [5.41, 5.74) is 0. The monoisotopic (exact) mass is 148 g/mol. The van der Waals surface area contributed by atoms with Crippen LogP contribution in [0.3, 0.4) is 0 Å². The average Bonchev–Trinajstić information content (AvgIpc) is 1.91. The second-order valence-corrected chi connectivity index (χ2v) is 1.70. The molecule has 10 heavy (non-hydrogen) atoms. The predicted molar refractivity (Wildman–Crippen MR) is 30.2 cm³/mol. The number of cyclic esters (lactones) is 2. The molecule has 0 amide bonds. The molecule has 0 bridgehead atoms. The molecule has 1 fully saturated rings. The van der Waals surface area contributed by atoms with Gasteiger partial charge in [-0.05, 0) is 6.42 Å². The predicted octanol–water partition coefficient (Wildman–Crippen LogP) is 0.257. The van der Waals surface area contributed by atoms with Crippen LogP contribution in [0.1, 0.15) is 19.3 Å². The highest BCUT2D eigenvalue weighted by molar-refractivity contribution is 5.87. The molecule has 1 aliphatic rings. The molecular formula is C5H8O5. The first-order valence-electron chi connectivity index (χ1n) is 2.72. The van der Waals surface area contributed by atoms with Gasteiger partial charge in [-0.15, -0.1) is 0 Å². The van der Waals surface area contributed by atoms with Crippen LogP contribution in [-0.2, 0) is 14.3 Å². The van der Waals surface area contributed by atoms with Crippen molar-refractivity contribution in [2.45, 2.75) is 19.3 Å². The van der Waals surface area contributed by atoms with Crippen molar-refractivity contribution in [2.75, 3.05) is 0 Å². The normalized spacial score (nSPS) is 17.0. The van der Waals surface area contributed by atoms with Crippen molar-refractivity contribution in [1.82, 2.24) is 0 Å². The molecule has 1 saturated heterocycles. The van der Waals surface area contributed by atoms with Gasteiger partial charge in [-0.25, -0.2) is 0 Å². The maximum absolute atomic E-state index is 10.2. The van der Waals surface area contributed by atoms with E-state index in [0.717, 1.165) is 0 Å². The molecule has 0 aromatic rings. The van der Waals surface area contributed by atoms with Gasteiger partial charge in [0.15, 0.2) is 0 Å². The molecule has 1 aliphatic heterocycles. The van der Waals surface area contributed by atoms with Gasteiger partial charge in [0.1, 0.15) is 0 Å². The van der Waals surface area contributed by atoms with Crippen LogP contribution in [0.25, 0.3) is 0 Å². The SMILES string of the molecule is O=C1CCCC(=O)O1.OO. The molecule has 0 aliphatic carbocycles. The fourth-order valence-corrected chi connectivity index (χ4v) is 0.606. The van der Waals surface area contributed by atoms with E-state index in [-0.39, 0.29) is 11.9 Å². The Bertz CT molecular complexity index is 116. The molecule has 1 rings (SSSR count). The Morgan fingerprint density at radius 1 is 1.10 bits per heavy atom. The van der Waals surface area contributed by atoms with Crippen LogP contribution < -0.4 is 0 Å². The number of carbonyl (C=O) groups excluding carboxylic acids is 2. The minimum atomic E-state index is -0.388. The van der Waals surface area contributed by atoms with E-state index in [2.05, 4.69) is 4.74 Å². The standard InChI is InChI=1S/C5H6O3.H2O2/c6-4-2-1-3-5(7)8-4;1-2/h1-3H2;1-2H. The highest BCUT2D eigenvalue weighted by Gasteiger charge is 2.15. The van der Waals surface area contributed by atoms with Crippen LogP contribution in [0.2, 0.25) is 0 Å². The number of hydrogen-bond acceptors (Lipinski definition) is 5. The fourth-order valence-electron chi connectivity index (χ4n) is 0.606. The quantitative estimate of drug-likeness (QED) is 0.223. The smallest absolute Gasteiger partial charge is 0.313 e. The van der Waals surface area contributed by atoms with Crippen molar-refractivity contribution in [3.05, 3.63) is 0 Å². The molecule has 0 aromatic heterocycles. The second-order valence-electron chi connectivity index (χ2n) is 1.70. The molecule has 0 unspecified atom stereocenters. The number of hydrogen-bond donors (Lipinski definition) is 2. The van der Waals surface area contributed by atoms with Gasteiger partial charge < -0.3 is 4.74 Å². The van der Waals surface area contributed by atoms with Gasteiger partial charge in [0, 0.05) is 12.8 Å². The maximum Gasteiger partial charge on any atom is 0.313 e. The van der Waals surface area contributed by atoms with E-state index in [9.17, 15) is 9.59 Å². The minimum Gasteiger partial charge on any atom is -0.393 e. The molecule has 0 atom stereocenters. The molecule has 1 heterocycles. The van der Waals surface area contributed by atoms with Crippen molar-refractivity contribution < 1.29 is 24.8 Å². The zero-order chi connectivity index (χ0) is 7.98. The van der Waals surface area contributed by atoms with Gasteiger partial charge in [-0.3, -0.25) is 20.1 Å². The lowest BCUT2D eigenvalue weighted by Gasteiger charge is -2.06. The first-order chi connectivity index (χ1) is 4.79. The third kappa shape index (κ3) is 3.16. The topological polar surface area (TPSA) is 83.8 Å². The van der Waals surface area contributed by atoms with Gasteiger partial charge >= 0.3 is 11.9 Å². The number of carbonyl (C=O) groups is 2. The van der Waals surface area contributed by atoms with Gasteiger partial charge in [0.25, 0.3) is 0 Å². The summed E-state index contributed by atoms with van der Waals surface area (Å²) in [6, 6.07) is 0. The highest BCUT2D eigenvalue weighted by atomic mass is 17.0. The third-order valence-electron chi connectivity index (χ3n) is 0.989. The Labute approximate surface area is 57.2 Å². The van der Waals surface area contributed by atoms with Gasteiger partial charge in [0.05, 0.1) is 0 Å². The Hall–Kier alpha value is -0.940. The van der Waals surface area contributed by atoms with Crippen LogP contribution in [0.15, 0.2) is 0 Å². The third-order valence-corrected chi connectivity index (χ3v) is 0.989. The molecule has 58 valence electrons. The molecule has 5 nitrogen and oxygen atoms in total. The fraction of sp³-hybridized carbons (Fsp3) is 0.600. The molecule has 2 N–H and O–H groups in total. The van der Waals surface area contributed by atoms with Crippen molar-refractivity contribution >= 4 is 11.9 Å². The van der Waals surface area contributed by atoms with E-state index in [0.29, 0.717) is 19.3 Å². The van der Waals surface area contributed by atoms with E-state index in [4.69, 9.17) is 10.5 Å². The van der Waals surface area contributed by atoms with E-state index >= 15 is 0 Å². The van der Waals surface area contributed by atoms with E-state index in [1.54, 1.807) is 0 Å². The number of rotatable bonds is 0. The van der Waals surface area contributed by atoms with Gasteiger partial charge in [0.2, 0.25) is 0 Å². The second kappa shape index (κ2) is 4.89. The maximum atomic E-state index is 10.2. The van der Waals surface area contributed by atoms with Crippen LogP contribution >= 0.6 is 0 Å². The Morgan fingerprint density at radius 2 is 1.50 bits per heavy atom. The lowest BCUT2D eigenvalue weighted by Crippen LogP contribution is -2.17. The number of ether oxygens (including phenoxy) is 1. The molecule has 5 heteroatoms. The van der Waals surface area contributed by atoms with Crippen molar-refractivity contribution in [2.24, 2.45) is 0 Å². The molecular weight excluding hydrogens is 140 g/mol. The lowest BCUT2D eigenvalue weighted by atomic mass is 10.2. The van der Waals surface area contributed by atoms with Gasteiger partial charge in [-0.2, -0.15) is 0 Å². The average molecular weight is 148 g/mol. The first-order valence-corrected chi connectivity index (χ1v) is 2.72. The summed E-state index contributed by atoms with van der Waals surface area (Å²) in [6.07, 6.45) is 1.44. The summed E-state index contributed by atoms with van der Waals surface area (Å²) in [4.78, 5) is 20.5. The van der Waals surface area contributed by atoms with Crippen LogP contribution in [0, 0.1) is 0 Å². The minimum absolute atomic E-state index is 0.388. The summed E-state index contributed by atoms with van der Waals surface area (Å²) < 4.78 is 4.21. The van der Waals surface area contributed by atoms with E-state index < -0.39 is 0 Å². The zero-order valence-electron chi connectivity index (χ0n) is 5.24. The summed E-state index contributed by atoms with van der Waals surface area (Å²) in [5.74, 6) is -0.775. The Balaban J connectivity index is 0.000000371. The summed E-state index contributed by atoms with van der Waals surface area (Å²) in [7, 11) is 0. The highest BCUT2D eigenvalue weighted by Crippen LogP contribution is 2.06. The van der Waals surface area contributed by atoms with Crippen LogP contribution in [0.5, 0.6) is 0 Å². The molecule has 0 saturated carbocycles. The molecule has 0 spiro atoms. The molecule has 0 radical (unpaired) electrons. The molecule has 0 aromatic carbocycles.